The molecule has 0 radical (unpaired) electrons. The van der Waals surface area contributed by atoms with Crippen molar-refractivity contribution in [1.29, 1.82) is 0 Å². The van der Waals surface area contributed by atoms with Gasteiger partial charge in [0.25, 0.3) is 0 Å². The van der Waals surface area contributed by atoms with Crippen LogP contribution in [0.15, 0.2) is 41.5 Å². The van der Waals surface area contributed by atoms with E-state index >= 15 is 0 Å². The molecule has 2 heterocycles. The number of fused-ring (bicyclic) bond motifs is 1. The summed E-state index contributed by atoms with van der Waals surface area (Å²) in [5, 5.41) is 1.20. The first-order chi connectivity index (χ1) is 10.1. The zero-order valence-corrected chi connectivity index (χ0v) is 13.7. The fourth-order valence-electron chi connectivity index (χ4n) is 2.50. The molecular formula is C17H20N3S+. The molecule has 0 aliphatic rings. The molecular weight excluding hydrogens is 278 g/mol. The molecule has 0 unspecified atom stereocenters. The quantitative estimate of drug-likeness (QED) is 0.647. The van der Waals surface area contributed by atoms with Gasteiger partial charge in [-0.15, -0.1) is 11.3 Å². The van der Waals surface area contributed by atoms with E-state index in [2.05, 4.69) is 73.5 Å². The summed E-state index contributed by atoms with van der Waals surface area (Å²) in [6.45, 7) is 7.41. The SMILES string of the molecule is CC[n+]1ccc(N=c2sc(C)c(C)n2C)c2ccccc21. The summed E-state index contributed by atoms with van der Waals surface area (Å²) in [6.07, 6.45) is 2.12. The highest BCUT2D eigenvalue weighted by molar-refractivity contribution is 7.09. The topological polar surface area (TPSA) is 21.2 Å². The maximum atomic E-state index is 4.89. The molecule has 21 heavy (non-hydrogen) atoms. The monoisotopic (exact) mass is 298 g/mol. The van der Waals surface area contributed by atoms with Gasteiger partial charge < -0.3 is 4.57 Å². The Hall–Kier alpha value is -1.94. The van der Waals surface area contributed by atoms with Gasteiger partial charge >= 0.3 is 0 Å². The van der Waals surface area contributed by atoms with E-state index in [0.29, 0.717) is 0 Å². The van der Waals surface area contributed by atoms with Crippen LogP contribution in [0, 0.1) is 13.8 Å². The molecule has 2 aromatic heterocycles. The number of para-hydroxylation sites is 1. The van der Waals surface area contributed by atoms with E-state index in [0.717, 1.165) is 17.0 Å². The van der Waals surface area contributed by atoms with Crippen molar-refractivity contribution in [3.63, 3.8) is 0 Å². The molecule has 0 spiro atoms. The van der Waals surface area contributed by atoms with Crippen LogP contribution < -0.4 is 9.37 Å². The Morgan fingerprint density at radius 1 is 1.19 bits per heavy atom. The highest BCUT2D eigenvalue weighted by Crippen LogP contribution is 2.23. The van der Waals surface area contributed by atoms with E-state index in [1.54, 1.807) is 11.3 Å². The lowest BCUT2D eigenvalue weighted by Crippen LogP contribution is -2.32. The van der Waals surface area contributed by atoms with Crippen molar-refractivity contribution in [2.75, 3.05) is 0 Å². The molecule has 4 heteroatoms. The highest BCUT2D eigenvalue weighted by Gasteiger charge is 2.10. The number of rotatable bonds is 2. The third-order valence-corrected chi connectivity index (χ3v) is 5.15. The zero-order chi connectivity index (χ0) is 15.0. The second kappa shape index (κ2) is 5.45. The van der Waals surface area contributed by atoms with Crippen LogP contribution in [0.25, 0.3) is 10.9 Å². The predicted octanol–water partition coefficient (Wildman–Crippen LogP) is 3.40. The van der Waals surface area contributed by atoms with Crippen LogP contribution in [0.3, 0.4) is 0 Å². The van der Waals surface area contributed by atoms with Gasteiger partial charge in [0, 0.05) is 29.8 Å². The minimum Gasteiger partial charge on any atom is -0.324 e. The molecule has 0 atom stereocenters. The predicted molar refractivity (Wildman–Crippen MR) is 87.8 cm³/mol. The highest BCUT2D eigenvalue weighted by atomic mass is 32.1. The first-order valence-electron chi connectivity index (χ1n) is 7.20. The standard InChI is InChI=1S/C17H20N3S/c1-5-20-11-10-15(14-8-6-7-9-16(14)20)18-17-19(4)12(2)13(3)21-17/h6-11H,5H2,1-4H3/q+1. The van der Waals surface area contributed by atoms with Gasteiger partial charge in [0.05, 0.1) is 11.1 Å². The van der Waals surface area contributed by atoms with E-state index < -0.39 is 0 Å². The van der Waals surface area contributed by atoms with Crippen molar-refractivity contribution < 1.29 is 4.57 Å². The molecule has 0 aliphatic heterocycles. The van der Waals surface area contributed by atoms with Crippen molar-refractivity contribution in [2.45, 2.75) is 27.3 Å². The second-order valence-corrected chi connectivity index (χ2v) is 6.38. The lowest BCUT2D eigenvalue weighted by molar-refractivity contribution is -0.667. The minimum atomic E-state index is 0.964. The van der Waals surface area contributed by atoms with Gasteiger partial charge in [0.1, 0.15) is 6.54 Å². The van der Waals surface area contributed by atoms with Crippen molar-refractivity contribution >= 4 is 27.9 Å². The van der Waals surface area contributed by atoms with E-state index in [1.807, 2.05) is 0 Å². The molecule has 108 valence electrons. The lowest BCUT2D eigenvalue weighted by Gasteiger charge is -2.02. The molecule has 3 nitrogen and oxygen atoms in total. The number of thiazole rings is 1. The van der Waals surface area contributed by atoms with Gasteiger partial charge in [-0.1, -0.05) is 12.1 Å². The Kier molecular flexibility index (Phi) is 3.64. The summed E-state index contributed by atoms with van der Waals surface area (Å²) < 4.78 is 4.41. The smallest absolute Gasteiger partial charge is 0.214 e. The number of nitrogens with zero attached hydrogens (tertiary/aromatic N) is 3. The minimum absolute atomic E-state index is 0.964. The summed E-state index contributed by atoms with van der Waals surface area (Å²) in [6, 6.07) is 10.6. The van der Waals surface area contributed by atoms with Gasteiger partial charge in [-0.2, -0.15) is 4.57 Å². The normalized spacial score (nSPS) is 12.3. The number of aromatic nitrogens is 2. The van der Waals surface area contributed by atoms with Crippen molar-refractivity contribution in [3.8, 4) is 0 Å². The molecule has 0 fully saturated rings. The molecule has 0 N–H and O–H groups in total. The van der Waals surface area contributed by atoms with E-state index in [-0.39, 0.29) is 0 Å². The first kappa shape index (κ1) is 14.0. The molecule has 3 rings (SSSR count). The van der Waals surface area contributed by atoms with Crippen molar-refractivity contribution in [3.05, 3.63) is 51.9 Å². The molecule has 3 aromatic rings. The fourth-order valence-corrected chi connectivity index (χ4v) is 3.48. The Morgan fingerprint density at radius 2 is 1.95 bits per heavy atom. The van der Waals surface area contributed by atoms with Crippen LogP contribution in [0.5, 0.6) is 0 Å². The Bertz CT molecular complexity index is 871. The lowest BCUT2D eigenvalue weighted by atomic mass is 10.2. The molecule has 0 amide bonds. The van der Waals surface area contributed by atoms with E-state index in [1.165, 1.54) is 21.5 Å². The number of hydrogen-bond acceptors (Lipinski definition) is 2. The second-order valence-electron chi connectivity index (χ2n) is 5.20. The molecule has 0 saturated carbocycles. The summed E-state index contributed by atoms with van der Waals surface area (Å²) in [5.74, 6) is 0. The number of hydrogen-bond donors (Lipinski definition) is 0. The Balaban J connectivity index is 2.29. The van der Waals surface area contributed by atoms with Crippen LogP contribution in [0.2, 0.25) is 0 Å². The summed E-state index contributed by atoms with van der Waals surface area (Å²) in [7, 11) is 2.08. The summed E-state index contributed by atoms with van der Waals surface area (Å²) in [5.41, 5.74) is 3.55. The number of aryl methyl sites for hydroxylation is 2. The number of pyridine rings is 1. The third kappa shape index (κ3) is 2.40. The Morgan fingerprint density at radius 3 is 2.62 bits per heavy atom. The van der Waals surface area contributed by atoms with Crippen LogP contribution >= 0.6 is 11.3 Å². The molecule has 0 bridgehead atoms. The van der Waals surface area contributed by atoms with Gasteiger partial charge in [0.2, 0.25) is 5.52 Å². The summed E-state index contributed by atoms with van der Waals surface area (Å²) >= 11 is 1.74. The van der Waals surface area contributed by atoms with Gasteiger partial charge in [-0.25, -0.2) is 4.99 Å². The van der Waals surface area contributed by atoms with Crippen LogP contribution in [0.1, 0.15) is 17.5 Å². The first-order valence-corrected chi connectivity index (χ1v) is 8.02. The largest absolute Gasteiger partial charge is 0.324 e. The van der Waals surface area contributed by atoms with Crippen LogP contribution in [-0.2, 0) is 13.6 Å². The Labute approximate surface area is 128 Å². The van der Waals surface area contributed by atoms with Gasteiger partial charge in [-0.3, -0.25) is 0 Å². The average molecular weight is 298 g/mol. The average Bonchev–Trinajstić information content (AvgIpc) is 2.75. The maximum Gasteiger partial charge on any atom is 0.214 e. The fraction of sp³-hybridized carbons (Fsp3) is 0.294. The summed E-state index contributed by atoms with van der Waals surface area (Å²) in [4.78, 5) is 7.26. The van der Waals surface area contributed by atoms with E-state index in [9.17, 15) is 0 Å². The molecule has 0 saturated heterocycles. The van der Waals surface area contributed by atoms with Crippen molar-refractivity contribution in [2.24, 2.45) is 12.0 Å². The van der Waals surface area contributed by atoms with Crippen LogP contribution in [-0.4, -0.2) is 4.57 Å². The van der Waals surface area contributed by atoms with Crippen LogP contribution in [0.4, 0.5) is 5.69 Å². The molecule has 0 aliphatic carbocycles. The number of benzene rings is 1. The van der Waals surface area contributed by atoms with Gasteiger partial charge in [0.15, 0.2) is 11.0 Å². The molecule has 1 aromatic carbocycles. The van der Waals surface area contributed by atoms with Crippen molar-refractivity contribution in [1.82, 2.24) is 4.57 Å². The van der Waals surface area contributed by atoms with Gasteiger partial charge in [-0.05, 0) is 26.8 Å². The zero-order valence-electron chi connectivity index (χ0n) is 12.9. The van der Waals surface area contributed by atoms with E-state index in [4.69, 9.17) is 4.99 Å². The third-order valence-electron chi connectivity index (χ3n) is 4.00. The maximum absolute atomic E-state index is 4.89.